The lowest BCUT2D eigenvalue weighted by molar-refractivity contribution is 0.628. The standard InChI is InChI=1S/C19H17FN4/c1-12(21)16-18(22-2)17(13-6-4-3-5-7-13)24-19(23-16)14-8-10-15(20)11-9-14/h3-11,21-22H,1-2H3. The zero-order valence-corrected chi connectivity index (χ0v) is 13.5. The van der Waals surface area contributed by atoms with Gasteiger partial charge in [-0.3, -0.25) is 0 Å². The van der Waals surface area contributed by atoms with Crippen LogP contribution in [0.5, 0.6) is 0 Å². The number of hydrogen-bond acceptors (Lipinski definition) is 4. The van der Waals surface area contributed by atoms with Gasteiger partial charge in [-0.1, -0.05) is 30.3 Å². The molecule has 1 aromatic heterocycles. The van der Waals surface area contributed by atoms with Crippen LogP contribution in [0.2, 0.25) is 0 Å². The first-order chi connectivity index (χ1) is 11.6. The lowest BCUT2D eigenvalue weighted by Crippen LogP contribution is -2.09. The lowest BCUT2D eigenvalue weighted by Gasteiger charge is -2.15. The zero-order valence-electron chi connectivity index (χ0n) is 13.5. The molecule has 0 amide bonds. The SMILES string of the molecule is CNc1c(C(C)=N)nc(-c2ccc(F)cc2)nc1-c1ccccc1. The topological polar surface area (TPSA) is 61.7 Å². The largest absolute Gasteiger partial charge is 0.385 e. The van der Waals surface area contributed by atoms with E-state index in [-0.39, 0.29) is 5.82 Å². The van der Waals surface area contributed by atoms with Crippen molar-refractivity contribution in [2.75, 3.05) is 12.4 Å². The van der Waals surface area contributed by atoms with E-state index in [2.05, 4.69) is 15.3 Å². The molecule has 5 heteroatoms. The molecule has 0 unspecified atom stereocenters. The summed E-state index contributed by atoms with van der Waals surface area (Å²) in [6.45, 7) is 1.69. The van der Waals surface area contributed by atoms with Gasteiger partial charge in [0, 0.05) is 18.2 Å². The van der Waals surface area contributed by atoms with Crippen molar-refractivity contribution in [3.05, 3.63) is 66.1 Å². The van der Waals surface area contributed by atoms with E-state index in [1.54, 1.807) is 26.1 Å². The molecule has 24 heavy (non-hydrogen) atoms. The van der Waals surface area contributed by atoms with Gasteiger partial charge in [0.15, 0.2) is 5.82 Å². The van der Waals surface area contributed by atoms with Gasteiger partial charge in [0.1, 0.15) is 11.5 Å². The number of nitrogens with zero attached hydrogens (tertiary/aromatic N) is 2. The van der Waals surface area contributed by atoms with Gasteiger partial charge >= 0.3 is 0 Å². The Morgan fingerprint density at radius 2 is 1.62 bits per heavy atom. The van der Waals surface area contributed by atoms with Crippen LogP contribution in [0.3, 0.4) is 0 Å². The molecule has 4 nitrogen and oxygen atoms in total. The number of rotatable bonds is 4. The fraction of sp³-hybridized carbons (Fsp3) is 0.105. The minimum atomic E-state index is -0.308. The van der Waals surface area contributed by atoms with Crippen molar-refractivity contribution in [3.63, 3.8) is 0 Å². The Morgan fingerprint density at radius 1 is 0.958 bits per heavy atom. The van der Waals surface area contributed by atoms with Crippen molar-refractivity contribution in [2.24, 2.45) is 0 Å². The summed E-state index contributed by atoms with van der Waals surface area (Å²) >= 11 is 0. The van der Waals surface area contributed by atoms with Crippen LogP contribution in [0.4, 0.5) is 10.1 Å². The molecule has 2 aromatic carbocycles. The van der Waals surface area contributed by atoms with E-state index in [0.717, 1.165) is 5.56 Å². The van der Waals surface area contributed by atoms with Gasteiger partial charge in [0.2, 0.25) is 0 Å². The lowest BCUT2D eigenvalue weighted by atomic mass is 10.1. The molecular formula is C19H17FN4. The van der Waals surface area contributed by atoms with Crippen LogP contribution in [0, 0.1) is 11.2 Å². The number of nitrogens with one attached hydrogen (secondary N) is 2. The molecule has 3 aromatic rings. The summed E-state index contributed by atoms with van der Waals surface area (Å²) in [6, 6.07) is 15.8. The number of benzene rings is 2. The van der Waals surface area contributed by atoms with Crippen molar-refractivity contribution in [1.82, 2.24) is 9.97 Å². The molecule has 1 heterocycles. The van der Waals surface area contributed by atoms with Gasteiger partial charge in [-0.05, 0) is 31.2 Å². The summed E-state index contributed by atoms with van der Waals surface area (Å²) in [5, 5.41) is 11.1. The molecule has 0 fully saturated rings. The number of anilines is 1. The third-order valence-corrected chi connectivity index (χ3v) is 3.66. The maximum absolute atomic E-state index is 13.2. The molecule has 0 saturated carbocycles. The average Bonchev–Trinajstić information content (AvgIpc) is 2.62. The molecule has 0 bridgehead atoms. The molecule has 120 valence electrons. The van der Waals surface area contributed by atoms with Gasteiger partial charge in [-0.15, -0.1) is 0 Å². The Balaban J connectivity index is 2.27. The summed E-state index contributed by atoms with van der Waals surface area (Å²) in [5.74, 6) is 0.159. The second-order valence-corrected chi connectivity index (χ2v) is 5.37. The first-order valence-corrected chi connectivity index (χ1v) is 7.57. The number of aromatic nitrogens is 2. The van der Waals surface area contributed by atoms with E-state index in [1.165, 1.54) is 12.1 Å². The highest BCUT2D eigenvalue weighted by atomic mass is 19.1. The predicted octanol–water partition coefficient (Wildman–Crippen LogP) is 4.38. The quantitative estimate of drug-likeness (QED) is 0.701. The molecule has 0 aliphatic heterocycles. The van der Waals surface area contributed by atoms with Crippen LogP contribution >= 0.6 is 0 Å². The van der Waals surface area contributed by atoms with Crippen LogP contribution in [0.25, 0.3) is 22.6 Å². The van der Waals surface area contributed by atoms with Crippen LogP contribution in [-0.2, 0) is 0 Å². The van der Waals surface area contributed by atoms with Crippen LogP contribution in [-0.4, -0.2) is 22.7 Å². The Morgan fingerprint density at radius 3 is 2.21 bits per heavy atom. The first kappa shape index (κ1) is 15.8. The van der Waals surface area contributed by atoms with Crippen molar-refractivity contribution >= 4 is 11.4 Å². The maximum atomic E-state index is 13.2. The Labute approximate surface area is 139 Å². The van der Waals surface area contributed by atoms with Crippen LogP contribution in [0.15, 0.2) is 54.6 Å². The average molecular weight is 320 g/mol. The molecule has 0 atom stereocenters. The normalized spacial score (nSPS) is 10.5. The van der Waals surface area contributed by atoms with Gasteiger partial charge in [0.25, 0.3) is 0 Å². The Hall–Kier alpha value is -3.08. The van der Waals surface area contributed by atoms with Gasteiger partial charge in [-0.25, -0.2) is 14.4 Å². The first-order valence-electron chi connectivity index (χ1n) is 7.57. The Bertz CT molecular complexity index is 874. The second kappa shape index (κ2) is 6.58. The Kier molecular flexibility index (Phi) is 4.33. The molecule has 0 radical (unpaired) electrons. The summed E-state index contributed by atoms with van der Waals surface area (Å²) in [7, 11) is 1.79. The van der Waals surface area contributed by atoms with Gasteiger partial charge in [-0.2, -0.15) is 0 Å². The van der Waals surface area contributed by atoms with Crippen LogP contribution in [0.1, 0.15) is 12.6 Å². The van der Waals surface area contributed by atoms with E-state index in [0.29, 0.717) is 34.2 Å². The zero-order chi connectivity index (χ0) is 17.1. The van der Waals surface area contributed by atoms with Crippen molar-refractivity contribution in [1.29, 1.82) is 5.41 Å². The predicted molar refractivity (Wildman–Crippen MR) is 94.9 cm³/mol. The molecule has 0 spiro atoms. The van der Waals surface area contributed by atoms with Crippen molar-refractivity contribution in [3.8, 4) is 22.6 Å². The van der Waals surface area contributed by atoms with E-state index < -0.39 is 0 Å². The molecular weight excluding hydrogens is 303 g/mol. The third kappa shape index (κ3) is 3.01. The summed E-state index contributed by atoms with van der Waals surface area (Å²) in [6.07, 6.45) is 0. The fourth-order valence-corrected chi connectivity index (χ4v) is 2.50. The van der Waals surface area contributed by atoms with Crippen molar-refractivity contribution in [2.45, 2.75) is 6.92 Å². The highest BCUT2D eigenvalue weighted by Crippen LogP contribution is 2.31. The second-order valence-electron chi connectivity index (χ2n) is 5.37. The van der Waals surface area contributed by atoms with E-state index >= 15 is 0 Å². The van der Waals surface area contributed by atoms with Crippen molar-refractivity contribution < 1.29 is 4.39 Å². The summed E-state index contributed by atoms with van der Waals surface area (Å²) < 4.78 is 13.2. The fourth-order valence-electron chi connectivity index (χ4n) is 2.50. The van der Waals surface area contributed by atoms with Gasteiger partial charge in [0.05, 0.1) is 17.1 Å². The minimum absolute atomic E-state index is 0.308. The monoisotopic (exact) mass is 320 g/mol. The maximum Gasteiger partial charge on any atom is 0.160 e. The highest BCUT2D eigenvalue weighted by molar-refractivity contribution is 6.02. The molecule has 0 aliphatic carbocycles. The minimum Gasteiger partial charge on any atom is -0.385 e. The van der Waals surface area contributed by atoms with Crippen LogP contribution < -0.4 is 5.32 Å². The molecule has 0 saturated heterocycles. The molecule has 0 aliphatic rings. The number of halogens is 1. The van der Waals surface area contributed by atoms with E-state index in [9.17, 15) is 4.39 Å². The third-order valence-electron chi connectivity index (χ3n) is 3.66. The number of hydrogen-bond donors (Lipinski definition) is 2. The van der Waals surface area contributed by atoms with Gasteiger partial charge < -0.3 is 10.7 Å². The smallest absolute Gasteiger partial charge is 0.160 e. The highest BCUT2D eigenvalue weighted by Gasteiger charge is 2.17. The van der Waals surface area contributed by atoms with E-state index in [4.69, 9.17) is 5.41 Å². The summed E-state index contributed by atoms with van der Waals surface area (Å²) in [5.41, 5.74) is 3.93. The summed E-state index contributed by atoms with van der Waals surface area (Å²) in [4.78, 5) is 9.17. The van der Waals surface area contributed by atoms with E-state index in [1.807, 2.05) is 30.3 Å². The molecule has 3 rings (SSSR count). The molecule has 2 N–H and O–H groups in total.